The van der Waals surface area contributed by atoms with Gasteiger partial charge in [-0.3, -0.25) is 4.79 Å². The molecule has 9 heteroatoms. The number of hydrogen-bond donors (Lipinski definition) is 2. The van der Waals surface area contributed by atoms with E-state index in [2.05, 4.69) is 15.6 Å². The van der Waals surface area contributed by atoms with Gasteiger partial charge in [0.1, 0.15) is 11.6 Å². The van der Waals surface area contributed by atoms with E-state index in [1.807, 2.05) is 67.6 Å². The number of carbonyl (C=O) groups excluding carboxylic acids is 3. The number of aromatic nitrogens is 1. The molecule has 1 aromatic heterocycles. The number of alkyl carbamates (subject to hydrolysis) is 1. The predicted octanol–water partition coefficient (Wildman–Crippen LogP) is 5.95. The molecule has 2 N–H and O–H groups in total. The number of ether oxygens (including phenoxy) is 2. The number of thiazole rings is 1. The Bertz CT molecular complexity index is 1470. The van der Waals surface area contributed by atoms with Crippen molar-refractivity contribution in [1.82, 2.24) is 15.6 Å². The molecule has 4 rings (SSSR count). The number of nitrogens with zero attached hydrogens (tertiary/aromatic N) is 1. The minimum absolute atomic E-state index is 0.119. The van der Waals surface area contributed by atoms with E-state index in [1.54, 1.807) is 42.5 Å². The summed E-state index contributed by atoms with van der Waals surface area (Å²) in [5, 5.41) is 6.68. The van der Waals surface area contributed by atoms with Gasteiger partial charge >= 0.3 is 12.1 Å². The van der Waals surface area contributed by atoms with Gasteiger partial charge in [-0.05, 0) is 47.9 Å². The van der Waals surface area contributed by atoms with Crippen LogP contribution >= 0.6 is 11.3 Å². The summed E-state index contributed by atoms with van der Waals surface area (Å²) < 4.78 is 11.3. The van der Waals surface area contributed by atoms with E-state index in [1.165, 1.54) is 7.11 Å². The molecule has 3 aromatic carbocycles. The third-order valence-corrected chi connectivity index (χ3v) is 7.31. The van der Waals surface area contributed by atoms with Crippen LogP contribution in [0.15, 0.2) is 90.5 Å². The number of benzene rings is 3. The first-order valence-electron chi connectivity index (χ1n) is 12.8. The van der Waals surface area contributed by atoms with Crippen LogP contribution in [0.1, 0.15) is 46.4 Å². The fourth-order valence-corrected chi connectivity index (χ4v) is 5.06. The van der Waals surface area contributed by atoms with Crippen molar-refractivity contribution in [3.05, 3.63) is 112 Å². The average Bonchev–Trinajstić information content (AvgIpc) is 3.41. The molecular weight excluding hydrogens is 526 g/mol. The summed E-state index contributed by atoms with van der Waals surface area (Å²) in [7, 11) is 1.32. The Hall–Kier alpha value is -4.50. The van der Waals surface area contributed by atoms with Gasteiger partial charge in [0.2, 0.25) is 5.91 Å². The first kappa shape index (κ1) is 28.5. The molecular formula is C31H31N3O5S. The van der Waals surface area contributed by atoms with Gasteiger partial charge in [0.25, 0.3) is 0 Å². The molecule has 0 spiro atoms. The van der Waals surface area contributed by atoms with Crippen LogP contribution < -0.4 is 10.6 Å². The highest BCUT2D eigenvalue weighted by Gasteiger charge is 2.21. The zero-order valence-electron chi connectivity index (χ0n) is 22.5. The summed E-state index contributed by atoms with van der Waals surface area (Å²) in [5.74, 6) is -1.09. The Morgan fingerprint density at radius 2 is 1.68 bits per heavy atom. The van der Waals surface area contributed by atoms with E-state index in [0.29, 0.717) is 12.1 Å². The van der Waals surface area contributed by atoms with Gasteiger partial charge in [0.05, 0.1) is 41.4 Å². The summed E-state index contributed by atoms with van der Waals surface area (Å²) in [6.45, 7) is 4.09. The summed E-state index contributed by atoms with van der Waals surface area (Å²) in [4.78, 5) is 42.1. The molecule has 0 aliphatic carbocycles. The molecule has 1 heterocycles. The molecule has 0 fully saturated rings. The SMILES string of the molecule is COC(=O)c1ccc(C(NC(=O)OCc2ccccc2)/C(C)=C/[C@@H](C)C(=O)NCc2nc3ccccc3s2)cc1. The number of para-hydroxylation sites is 1. The van der Waals surface area contributed by atoms with Gasteiger partial charge in [-0.1, -0.05) is 67.6 Å². The molecule has 4 aromatic rings. The van der Waals surface area contributed by atoms with Crippen molar-refractivity contribution >= 4 is 39.5 Å². The first-order valence-corrected chi connectivity index (χ1v) is 13.6. The van der Waals surface area contributed by atoms with Gasteiger partial charge in [-0.2, -0.15) is 0 Å². The Morgan fingerprint density at radius 1 is 0.975 bits per heavy atom. The predicted molar refractivity (Wildman–Crippen MR) is 155 cm³/mol. The lowest BCUT2D eigenvalue weighted by Crippen LogP contribution is -2.31. The molecule has 0 saturated carbocycles. The second-order valence-electron chi connectivity index (χ2n) is 9.25. The highest BCUT2D eigenvalue weighted by Crippen LogP contribution is 2.25. The average molecular weight is 558 g/mol. The number of hydrogen-bond acceptors (Lipinski definition) is 7. The number of amides is 2. The van der Waals surface area contributed by atoms with E-state index in [9.17, 15) is 14.4 Å². The summed E-state index contributed by atoms with van der Waals surface area (Å²) >= 11 is 1.55. The number of fused-ring (bicyclic) bond motifs is 1. The Morgan fingerprint density at radius 3 is 2.38 bits per heavy atom. The summed E-state index contributed by atoms with van der Waals surface area (Å²) in [6, 6.07) is 23.4. The molecule has 0 bridgehead atoms. The molecule has 0 aliphatic heterocycles. The van der Waals surface area contributed by atoms with Crippen molar-refractivity contribution < 1.29 is 23.9 Å². The first-order chi connectivity index (χ1) is 19.3. The fraction of sp³-hybridized carbons (Fsp3) is 0.226. The van der Waals surface area contributed by atoms with Crippen LogP contribution in [0.3, 0.4) is 0 Å². The standard InChI is InChI=1S/C31H31N3O5S/c1-20(17-21(2)29(35)32-18-27-33-25-11-7-8-12-26(25)40-27)28(23-13-15-24(16-14-23)30(36)38-3)34-31(37)39-19-22-9-5-4-6-10-22/h4-17,21,28H,18-19H2,1-3H3,(H,32,35)(H,34,37)/b20-17+/t21-,28?/m1/s1. The van der Waals surface area contributed by atoms with E-state index >= 15 is 0 Å². The van der Waals surface area contributed by atoms with E-state index in [0.717, 1.165) is 31.9 Å². The Labute approximate surface area is 237 Å². The highest BCUT2D eigenvalue weighted by molar-refractivity contribution is 7.18. The highest BCUT2D eigenvalue weighted by atomic mass is 32.1. The normalized spacial score (nSPS) is 12.8. The van der Waals surface area contributed by atoms with Crippen LogP contribution in [-0.4, -0.2) is 30.1 Å². The van der Waals surface area contributed by atoms with Gasteiger partial charge in [0.15, 0.2) is 0 Å². The van der Waals surface area contributed by atoms with Crippen LogP contribution in [-0.2, 0) is 27.4 Å². The van der Waals surface area contributed by atoms with E-state index in [-0.39, 0.29) is 12.5 Å². The maximum absolute atomic E-state index is 12.9. The zero-order valence-corrected chi connectivity index (χ0v) is 23.4. The van der Waals surface area contributed by atoms with Crippen molar-refractivity contribution in [1.29, 1.82) is 0 Å². The number of carbonyl (C=O) groups is 3. The topological polar surface area (TPSA) is 107 Å². The number of rotatable bonds is 10. The third kappa shape index (κ3) is 7.54. The number of esters is 1. The summed E-state index contributed by atoms with van der Waals surface area (Å²) in [5.41, 5.74) is 3.63. The number of methoxy groups -OCH3 is 1. The lowest BCUT2D eigenvalue weighted by molar-refractivity contribution is -0.123. The van der Waals surface area contributed by atoms with Crippen LogP contribution in [0.25, 0.3) is 10.2 Å². The maximum atomic E-state index is 12.9. The van der Waals surface area contributed by atoms with Crippen LogP contribution in [0.2, 0.25) is 0 Å². The zero-order chi connectivity index (χ0) is 28.5. The van der Waals surface area contributed by atoms with Gasteiger partial charge in [-0.15, -0.1) is 11.3 Å². The minimum Gasteiger partial charge on any atom is -0.465 e. The molecule has 2 amide bonds. The van der Waals surface area contributed by atoms with E-state index < -0.39 is 24.0 Å². The lowest BCUT2D eigenvalue weighted by Gasteiger charge is -2.21. The minimum atomic E-state index is -0.605. The van der Waals surface area contributed by atoms with Crippen molar-refractivity contribution in [2.75, 3.05) is 7.11 Å². The monoisotopic (exact) mass is 557 g/mol. The largest absolute Gasteiger partial charge is 0.465 e. The molecule has 0 aliphatic rings. The molecule has 8 nitrogen and oxygen atoms in total. The van der Waals surface area contributed by atoms with Crippen molar-refractivity contribution in [3.8, 4) is 0 Å². The molecule has 0 saturated heterocycles. The van der Waals surface area contributed by atoms with Crippen LogP contribution in [0.4, 0.5) is 4.79 Å². The number of nitrogens with one attached hydrogen (secondary N) is 2. The Kier molecular flexibility index (Phi) is 9.64. The Balaban J connectivity index is 1.46. The molecule has 1 unspecified atom stereocenters. The third-order valence-electron chi connectivity index (χ3n) is 6.27. The molecule has 206 valence electrons. The molecule has 2 atom stereocenters. The quantitative estimate of drug-likeness (QED) is 0.184. The molecule has 40 heavy (non-hydrogen) atoms. The van der Waals surface area contributed by atoms with Crippen LogP contribution in [0.5, 0.6) is 0 Å². The molecule has 0 radical (unpaired) electrons. The van der Waals surface area contributed by atoms with Gasteiger partial charge < -0.3 is 20.1 Å². The second-order valence-corrected chi connectivity index (χ2v) is 10.4. The lowest BCUT2D eigenvalue weighted by atomic mass is 9.95. The second kappa shape index (κ2) is 13.5. The van der Waals surface area contributed by atoms with Gasteiger partial charge in [0, 0.05) is 0 Å². The van der Waals surface area contributed by atoms with Crippen molar-refractivity contribution in [2.45, 2.75) is 33.0 Å². The smallest absolute Gasteiger partial charge is 0.408 e. The van der Waals surface area contributed by atoms with Crippen molar-refractivity contribution in [2.24, 2.45) is 5.92 Å². The van der Waals surface area contributed by atoms with Crippen molar-refractivity contribution in [3.63, 3.8) is 0 Å². The fourth-order valence-electron chi connectivity index (χ4n) is 4.16. The summed E-state index contributed by atoms with van der Waals surface area (Å²) in [6.07, 6.45) is 1.20. The maximum Gasteiger partial charge on any atom is 0.408 e. The van der Waals surface area contributed by atoms with Gasteiger partial charge in [-0.25, -0.2) is 14.6 Å². The van der Waals surface area contributed by atoms with Crippen LogP contribution in [0, 0.1) is 5.92 Å². The van der Waals surface area contributed by atoms with E-state index in [4.69, 9.17) is 9.47 Å².